The first-order chi connectivity index (χ1) is 15.1. The Kier molecular flexibility index (Phi) is 6.48. The molecule has 0 aliphatic heterocycles. The third-order valence-corrected chi connectivity index (χ3v) is 7.58. The summed E-state index contributed by atoms with van der Waals surface area (Å²) in [6, 6.07) is 3.66. The number of hydrogen-bond donors (Lipinski definition) is 1. The largest absolute Gasteiger partial charge is 0.433 e. The van der Waals surface area contributed by atoms with Crippen molar-refractivity contribution in [3.63, 3.8) is 0 Å². The second kappa shape index (κ2) is 8.58. The molecule has 0 atom stereocenters. The molecular formula is C20H17F7N2O3S. The van der Waals surface area contributed by atoms with Gasteiger partial charge in [-0.1, -0.05) is 6.07 Å². The number of aromatic nitrogens is 1. The average molecular weight is 498 g/mol. The number of amides is 1. The SMILES string of the molecule is O=C(N[C@H]1CC[C@](F)(S(=O)(=O)c2cccc(C(F)(F)F)c2)CC1)c1ccnc(C(F)(F)F)c1. The summed E-state index contributed by atoms with van der Waals surface area (Å²) in [6.45, 7) is 0. The van der Waals surface area contributed by atoms with Crippen LogP contribution in [0.4, 0.5) is 30.7 Å². The lowest BCUT2D eigenvalue weighted by molar-refractivity contribution is -0.141. The number of benzene rings is 1. The van der Waals surface area contributed by atoms with E-state index < -0.39 is 68.1 Å². The Balaban J connectivity index is 1.70. The van der Waals surface area contributed by atoms with E-state index in [0.29, 0.717) is 18.2 Å². The number of carbonyl (C=O) groups is 1. The molecule has 3 rings (SSSR count). The zero-order chi connectivity index (χ0) is 24.7. The van der Waals surface area contributed by atoms with Gasteiger partial charge in [0.1, 0.15) is 5.69 Å². The first-order valence-corrected chi connectivity index (χ1v) is 11.1. The molecule has 1 aromatic heterocycles. The highest BCUT2D eigenvalue weighted by Crippen LogP contribution is 2.41. The summed E-state index contributed by atoms with van der Waals surface area (Å²) in [5.41, 5.74) is -2.83. The molecule has 33 heavy (non-hydrogen) atoms. The van der Waals surface area contributed by atoms with E-state index in [4.69, 9.17) is 0 Å². The van der Waals surface area contributed by atoms with E-state index in [1.54, 1.807) is 0 Å². The van der Waals surface area contributed by atoms with Gasteiger partial charge in [-0.3, -0.25) is 9.78 Å². The molecule has 5 nitrogen and oxygen atoms in total. The Morgan fingerprint density at radius 1 is 1.00 bits per heavy atom. The van der Waals surface area contributed by atoms with Crippen LogP contribution < -0.4 is 5.32 Å². The van der Waals surface area contributed by atoms with Gasteiger partial charge in [-0.25, -0.2) is 12.8 Å². The maximum absolute atomic E-state index is 15.4. The number of nitrogens with one attached hydrogen (secondary N) is 1. The van der Waals surface area contributed by atoms with Gasteiger partial charge in [-0.15, -0.1) is 0 Å². The molecular weight excluding hydrogens is 481 g/mol. The summed E-state index contributed by atoms with van der Waals surface area (Å²) in [7, 11) is -4.78. The summed E-state index contributed by atoms with van der Waals surface area (Å²) >= 11 is 0. The van der Waals surface area contributed by atoms with Crippen LogP contribution in [0.15, 0.2) is 47.5 Å². The van der Waals surface area contributed by atoms with Gasteiger partial charge in [-0.2, -0.15) is 26.3 Å². The fraction of sp³-hybridized carbons (Fsp3) is 0.400. The van der Waals surface area contributed by atoms with Gasteiger partial charge in [0.25, 0.3) is 5.91 Å². The Morgan fingerprint density at radius 3 is 2.21 bits per heavy atom. The highest BCUT2D eigenvalue weighted by Gasteiger charge is 2.48. The second-order valence-electron chi connectivity index (χ2n) is 7.59. The normalized spacial score (nSPS) is 22.1. The van der Waals surface area contributed by atoms with Crippen molar-refractivity contribution in [1.29, 1.82) is 0 Å². The lowest BCUT2D eigenvalue weighted by atomic mass is 9.93. The van der Waals surface area contributed by atoms with Crippen molar-refractivity contribution in [2.75, 3.05) is 0 Å². The molecule has 1 aliphatic carbocycles. The van der Waals surface area contributed by atoms with Crippen molar-refractivity contribution in [3.05, 3.63) is 59.4 Å². The first-order valence-electron chi connectivity index (χ1n) is 9.58. The van der Waals surface area contributed by atoms with Gasteiger partial charge >= 0.3 is 12.4 Å². The predicted molar refractivity (Wildman–Crippen MR) is 101 cm³/mol. The van der Waals surface area contributed by atoms with Crippen molar-refractivity contribution in [3.8, 4) is 0 Å². The highest BCUT2D eigenvalue weighted by atomic mass is 32.2. The van der Waals surface area contributed by atoms with Crippen LogP contribution in [0.3, 0.4) is 0 Å². The van der Waals surface area contributed by atoms with Crippen LogP contribution in [0, 0.1) is 0 Å². The van der Waals surface area contributed by atoms with Crippen molar-refractivity contribution in [2.45, 2.75) is 54.0 Å². The van der Waals surface area contributed by atoms with Gasteiger partial charge in [0.15, 0.2) is 0 Å². The number of alkyl halides is 7. The van der Waals surface area contributed by atoms with Crippen LogP contribution in [-0.4, -0.2) is 30.4 Å². The molecule has 1 saturated carbocycles. The zero-order valence-corrected chi connectivity index (χ0v) is 17.5. The monoisotopic (exact) mass is 498 g/mol. The average Bonchev–Trinajstić information content (AvgIpc) is 2.74. The fourth-order valence-corrected chi connectivity index (χ4v) is 5.24. The number of halogens is 7. The number of sulfone groups is 1. The zero-order valence-electron chi connectivity index (χ0n) is 16.7. The van der Waals surface area contributed by atoms with Crippen LogP contribution in [0.5, 0.6) is 0 Å². The first kappa shape index (κ1) is 24.9. The molecule has 0 spiro atoms. The van der Waals surface area contributed by atoms with E-state index in [9.17, 15) is 39.6 Å². The molecule has 1 N–H and O–H groups in total. The fourth-order valence-electron chi connectivity index (χ4n) is 3.51. The minimum absolute atomic E-state index is 0.183. The number of nitrogens with zero attached hydrogens (tertiary/aromatic N) is 1. The Morgan fingerprint density at radius 2 is 1.64 bits per heavy atom. The molecule has 0 unspecified atom stereocenters. The van der Waals surface area contributed by atoms with Crippen LogP contribution in [-0.2, 0) is 22.2 Å². The molecule has 0 radical (unpaired) electrons. The standard InChI is InChI=1S/C20H17F7N2O3S/c21-18(33(31,32)15-3-1-2-13(11-15)19(22,23)24)7-4-14(5-8-18)29-17(30)12-6-9-28-16(10-12)20(25,26)27/h1-3,6,9-11,14H,4-5,7-8H2,(H,29,30)/t14-,18-. The Bertz CT molecular complexity index is 1140. The summed E-state index contributed by atoms with van der Waals surface area (Å²) < 4.78 is 118. The minimum atomic E-state index is -4.81. The molecule has 0 bridgehead atoms. The Labute approximate surface area is 183 Å². The summed E-state index contributed by atoms with van der Waals surface area (Å²) in [4.78, 5) is 14.6. The number of hydrogen-bond acceptors (Lipinski definition) is 4. The summed E-state index contributed by atoms with van der Waals surface area (Å²) in [5.74, 6) is -0.875. The molecule has 13 heteroatoms. The van der Waals surface area contributed by atoms with Crippen LogP contribution >= 0.6 is 0 Å². The smallest absolute Gasteiger partial charge is 0.349 e. The van der Waals surface area contributed by atoms with Crippen molar-refractivity contribution in [2.24, 2.45) is 0 Å². The van der Waals surface area contributed by atoms with Crippen LogP contribution in [0.25, 0.3) is 0 Å². The van der Waals surface area contributed by atoms with Gasteiger partial charge < -0.3 is 5.32 Å². The van der Waals surface area contributed by atoms with Crippen molar-refractivity contribution in [1.82, 2.24) is 10.3 Å². The van der Waals surface area contributed by atoms with E-state index in [1.165, 1.54) is 0 Å². The third-order valence-electron chi connectivity index (χ3n) is 5.33. The second-order valence-corrected chi connectivity index (χ2v) is 9.80. The van der Waals surface area contributed by atoms with E-state index >= 15 is 4.39 Å². The maximum Gasteiger partial charge on any atom is 0.433 e. The van der Waals surface area contributed by atoms with Gasteiger partial charge in [0, 0.05) is 17.8 Å². The predicted octanol–water partition coefficient (Wildman–Crippen LogP) is 4.93. The quantitative estimate of drug-likeness (QED) is 0.607. The molecule has 2 aromatic rings. The van der Waals surface area contributed by atoms with E-state index in [1.807, 2.05) is 0 Å². The lowest BCUT2D eigenvalue weighted by Crippen LogP contribution is -2.45. The molecule has 180 valence electrons. The number of carbonyl (C=O) groups excluding carboxylic acids is 1. The third kappa shape index (κ3) is 5.28. The van der Waals surface area contributed by atoms with Gasteiger partial charge in [-0.05, 0) is 56.0 Å². The van der Waals surface area contributed by atoms with E-state index in [0.717, 1.165) is 24.4 Å². The van der Waals surface area contributed by atoms with E-state index in [2.05, 4.69) is 10.3 Å². The van der Waals surface area contributed by atoms with Gasteiger partial charge in [0.2, 0.25) is 14.8 Å². The molecule has 1 heterocycles. The molecule has 1 fully saturated rings. The topological polar surface area (TPSA) is 76.1 Å². The van der Waals surface area contributed by atoms with Gasteiger partial charge in [0.05, 0.1) is 10.5 Å². The summed E-state index contributed by atoms with van der Waals surface area (Å²) in [6.07, 6.45) is -10.3. The lowest BCUT2D eigenvalue weighted by Gasteiger charge is -2.34. The van der Waals surface area contributed by atoms with E-state index in [-0.39, 0.29) is 18.4 Å². The van der Waals surface area contributed by atoms with Crippen LogP contribution in [0.2, 0.25) is 0 Å². The maximum atomic E-state index is 15.4. The molecule has 1 aliphatic rings. The minimum Gasteiger partial charge on any atom is -0.349 e. The molecule has 0 saturated heterocycles. The van der Waals surface area contributed by atoms with Crippen molar-refractivity contribution >= 4 is 15.7 Å². The van der Waals surface area contributed by atoms with Crippen LogP contribution in [0.1, 0.15) is 47.3 Å². The highest BCUT2D eigenvalue weighted by molar-refractivity contribution is 7.92. The molecule has 1 aromatic carbocycles. The summed E-state index contributed by atoms with van der Waals surface area (Å²) in [5, 5.41) is -0.421. The number of rotatable bonds is 4. The molecule has 1 amide bonds. The Hall–Kier alpha value is -2.70. The number of pyridine rings is 1. The van der Waals surface area contributed by atoms with Crippen molar-refractivity contribution < 1.29 is 43.9 Å².